The van der Waals surface area contributed by atoms with Gasteiger partial charge in [-0.15, -0.1) is 12.4 Å². The zero-order chi connectivity index (χ0) is 30.0. The summed E-state index contributed by atoms with van der Waals surface area (Å²) >= 11 is 0. The van der Waals surface area contributed by atoms with E-state index >= 15 is 0 Å². The van der Waals surface area contributed by atoms with Gasteiger partial charge in [-0.3, -0.25) is 9.59 Å². The van der Waals surface area contributed by atoms with Crippen molar-refractivity contribution in [2.45, 2.75) is 13.3 Å². The molecule has 7 nitrogen and oxygen atoms in total. The molecule has 8 heteroatoms. The Morgan fingerprint density at radius 1 is 0.756 bits per heavy atom. The second-order valence-corrected chi connectivity index (χ2v) is 10.7. The van der Waals surface area contributed by atoms with Gasteiger partial charge in [0, 0.05) is 41.0 Å². The van der Waals surface area contributed by atoms with E-state index in [1.807, 2.05) is 104 Å². The van der Waals surface area contributed by atoms with Crippen molar-refractivity contribution < 1.29 is 9.59 Å². The fourth-order valence-corrected chi connectivity index (χ4v) is 5.68. The first-order valence-electron chi connectivity index (χ1n) is 14.6. The molecule has 222 valence electrons. The number of aromatic nitrogens is 3. The summed E-state index contributed by atoms with van der Waals surface area (Å²) in [5.41, 5.74) is 8.82. The highest BCUT2D eigenvalue weighted by Gasteiger charge is 2.27. The predicted molar refractivity (Wildman–Crippen MR) is 181 cm³/mol. The average Bonchev–Trinajstić information content (AvgIpc) is 3.43. The van der Waals surface area contributed by atoms with E-state index in [0.29, 0.717) is 29.8 Å². The van der Waals surface area contributed by atoms with Crippen molar-refractivity contribution in [3.8, 4) is 33.9 Å². The zero-order valence-electron chi connectivity index (χ0n) is 24.5. The van der Waals surface area contributed by atoms with Crippen LogP contribution in [-0.4, -0.2) is 33.3 Å². The van der Waals surface area contributed by atoms with Crippen LogP contribution in [0.2, 0.25) is 0 Å². The van der Waals surface area contributed by atoms with Gasteiger partial charge in [0.1, 0.15) is 5.69 Å². The summed E-state index contributed by atoms with van der Waals surface area (Å²) in [7, 11) is 0. The molecule has 0 atom stereocenters. The number of aryl methyl sites for hydroxylation is 1. The van der Waals surface area contributed by atoms with Crippen LogP contribution in [0.5, 0.6) is 0 Å². The van der Waals surface area contributed by atoms with E-state index in [2.05, 4.69) is 15.3 Å². The number of pyridine rings is 1. The Kier molecular flexibility index (Phi) is 8.27. The summed E-state index contributed by atoms with van der Waals surface area (Å²) in [4.78, 5) is 41.9. The molecular weight excluding hydrogens is 582 g/mol. The maximum Gasteiger partial charge on any atom is 0.258 e. The number of hydrogen-bond donors (Lipinski definition) is 2. The van der Waals surface area contributed by atoms with Gasteiger partial charge in [-0.05, 0) is 66.6 Å². The van der Waals surface area contributed by atoms with Crippen molar-refractivity contribution in [1.82, 2.24) is 15.0 Å². The number of nitrogens with zero attached hydrogens (tertiary/aromatic N) is 3. The second kappa shape index (κ2) is 12.6. The topological polar surface area (TPSA) is 91.0 Å². The number of anilines is 2. The van der Waals surface area contributed by atoms with E-state index in [4.69, 9.17) is 4.98 Å². The first kappa shape index (κ1) is 29.5. The van der Waals surface area contributed by atoms with Gasteiger partial charge in [0.05, 0.1) is 17.1 Å². The van der Waals surface area contributed by atoms with Crippen molar-refractivity contribution in [2.24, 2.45) is 0 Å². The van der Waals surface area contributed by atoms with Crippen molar-refractivity contribution in [2.75, 3.05) is 16.8 Å². The second-order valence-electron chi connectivity index (χ2n) is 10.7. The Hall–Kier alpha value is -5.53. The van der Waals surface area contributed by atoms with Gasteiger partial charge in [-0.25, -0.2) is 9.97 Å². The molecule has 2 aromatic heterocycles. The molecule has 0 bridgehead atoms. The molecule has 0 fully saturated rings. The van der Waals surface area contributed by atoms with Gasteiger partial charge in [0.2, 0.25) is 0 Å². The lowest BCUT2D eigenvalue weighted by Gasteiger charge is -2.23. The maximum absolute atomic E-state index is 13.9. The number of imidazole rings is 1. The molecule has 3 heterocycles. The molecule has 2 N–H and O–H groups in total. The lowest BCUT2D eigenvalue weighted by molar-refractivity contribution is 0.0986. The molecule has 0 unspecified atom stereocenters. The average molecular weight is 612 g/mol. The Labute approximate surface area is 267 Å². The zero-order valence-corrected chi connectivity index (χ0v) is 25.3. The van der Waals surface area contributed by atoms with Crippen LogP contribution in [0, 0.1) is 6.92 Å². The van der Waals surface area contributed by atoms with E-state index in [0.717, 1.165) is 51.0 Å². The van der Waals surface area contributed by atoms with E-state index in [1.165, 1.54) is 0 Å². The summed E-state index contributed by atoms with van der Waals surface area (Å²) in [5.74, 6) is 0.395. The van der Waals surface area contributed by atoms with Crippen molar-refractivity contribution >= 4 is 35.6 Å². The van der Waals surface area contributed by atoms with Crippen LogP contribution in [-0.2, 0) is 6.42 Å². The van der Waals surface area contributed by atoms with Crippen LogP contribution >= 0.6 is 12.4 Å². The molecule has 1 aliphatic rings. The van der Waals surface area contributed by atoms with Gasteiger partial charge < -0.3 is 15.2 Å². The minimum Gasteiger partial charge on any atom is -0.336 e. The van der Waals surface area contributed by atoms with Gasteiger partial charge in [0.25, 0.3) is 11.8 Å². The SMILES string of the molecule is Cc1cccc(-c2nc3c([nH]2)-c2ccccc2N(C(=O)c2ccc(NC(=O)c4ccccc4-c4ccccc4)cc2)CC3)n1.Cl. The third kappa shape index (κ3) is 5.86. The normalized spacial score (nSPS) is 11.9. The summed E-state index contributed by atoms with van der Waals surface area (Å²) in [6.45, 7) is 2.44. The molecule has 1 aliphatic heterocycles. The number of carbonyl (C=O) groups excluding carboxylic acids is 2. The number of amides is 2. The van der Waals surface area contributed by atoms with Crippen molar-refractivity contribution in [1.29, 1.82) is 0 Å². The number of para-hydroxylation sites is 1. The standard InChI is InChI=1S/C37H29N5O2.ClH/c1-24-10-9-16-32(38-24)35-40-31-22-23-42(33-17-8-7-15-30(33)34(31)41-35)37(44)26-18-20-27(21-19-26)39-36(43)29-14-6-5-13-28(29)25-11-3-2-4-12-25;/h2-21H,22-23H2,1H3,(H,39,43)(H,40,41);1H. The summed E-state index contributed by atoms with van der Waals surface area (Å²) in [5, 5.41) is 2.99. The Morgan fingerprint density at radius 3 is 2.24 bits per heavy atom. The van der Waals surface area contributed by atoms with Gasteiger partial charge in [-0.2, -0.15) is 0 Å². The van der Waals surface area contributed by atoms with Crippen molar-refractivity contribution in [3.63, 3.8) is 0 Å². The number of fused-ring (bicyclic) bond motifs is 3. The predicted octanol–water partition coefficient (Wildman–Crippen LogP) is 7.99. The number of hydrogen-bond acceptors (Lipinski definition) is 4. The van der Waals surface area contributed by atoms with E-state index in [9.17, 15) is 9.59 Å². The lowest BCUT2D eigenvalue weighted by Crippen LogP contribution is -2.32. The molecular formula is C37H30ClN5O2. The van der Waals surface area contributed by atoms with Gasteiger partial charge in [0.15, 0.2) is 5.82 Å². The molecule has 6 aromatic rings. The van der Waals surface area contributed by atoms with Crippen molar-refractivity contribution in [3.05, 3.63) is 144 Å². The molecule has 45 heavy (non-hydrogen) atoms. The van der Waals surface area contributed by atoms with Gasteiger partial charge >= 0.3 is 0 Å². The molecule has 0 saturated heterocycles. The minimum absolute atomic E-state index is 0. The van der Waals surface area contributed by atoms with Crippen LogP contribution in [0.4, 0.5) is 11.4 Å². The molecule has 0 saturated carbocycles. The Balaban J connectivity index is 0.00000357. The molecule has 0 spiro atoms. The Bertz CT molecular complexity index is 2000. The first-order chi connectivity index (χ1) is 21.5. The highest BCUT2D eigenvalue weighted by atomic mass is 35.5. The summed E-state index contributed by atoms with van der Waals surface area (Å²) in [6, 6.07) is 38.2. The maximum atomic E-state index is 13.9. The monoisotopic (exact) mass is 611 g/mol. The van der Waals surface area contributed by atoms with Gasteiger partial charge in [-0.1, -0.05) is 72.8 Å². The van der Waals surface area contributed by atoms with E-state index in [-0.39, 0.29) is 24.2 Å². The van der Waals surface area contributed by atoms with E-state index < -0.39 is 0 Å². The van der Waals surface area contributed by atoms with Crippen LogP contribution in [0.25, 0.3) is 33.9 Å². The number of nitrogens with one attached hydrogen (secondary N) is 2. The fourth-order valence-electron chi connectivity index (χ4n) is 5.68. The van der Waals surface area contributed by atoms with Crippen LogP contribution < -0.4 is 10.2 Å². The highest BCUT2D eigenvalue weighted by molar-refractivity contribution is 6.10. The number of benzene rings is 4. The molecule has 7 rings (SSSR count). The Morgan fingerprint density at radius 2 is 1.47 bits per heavy atom. The highest BCUT2D eigenvalue weighted by Crippen LogP contribution is 2.37. The largest absolute Gasteiger partial charge is 0.336 e. The molecule has 0 aliphatic carbocycles. The quantitative estimate of drug-likeness (QED) is 0.207. The van der Waals surface area contributed by atoms with Crippen LogP contribution in [0.15, 0.2) is 121 Å². The number of carbonyl (C=O) groups is 2. The first-order valence-corrected chi connectivity index (χ1v) is 14.6. The van der Waals surface area contributed by atoms with E-state index in [1.54, 1.807) is 29.2 Å². The summed E-state index contributed by atoms with van der Waals surface area (Å²) in [6.07, 6.45) is 0.590. The molecule has 0 radical (unpaired) electrons. The lowest BCUT2D eigenvalue weighted by atomic mass is 9.99. The molecule has 2 amide bonds. The number of rotatable bonds is 5. The number of halogens is 1. The number of aromatic amines is 1. The van der Waals surface area contributed by atoms with Crippen LogP contribution in [0.3, 0.4) is 0 Å². The minimum atomic E-state index is -0.209. The fraction of sp³-hybridized carbons (Fsp3) is 0.0811. The number of H-pyrrole nitrogens is 1. The van der Waals surface area contributed by atoms with Crippen LogP contribution in [0.1, 0.15) is 32.1 Å². The molecule has 4 aromatic carbocycles. The third-order valence-corrected chi connectivity index (χ3v) is 7.84. The summed E-state index contributed by atoms with van der Waals surface area (Å²) < 4.78 is 0. The smallest absolute Gasteiger partial charge is 0.258 e. The third-order valence-electron chi connectivity index (χ3n) is 7.84.